The second kappa shape index (κ2) is 7.25. The number of hydrogen-bond acceptors (Lipinski definition) is 3. The van der Waals surface area contributed by atoms with E-state index in [-0.39, 0.29) is 11.8 Å². The molecule has 21 heavy (non-hydrogen) atoms. The van der Waals surface area contributed by atoms with Crippen molar-refractivity contribution < 1.29 is 4.79 Å². The average molecular weight is 407 g/mol. The quantitative estimate of drug-likeness (QED) is 0.609. The molecule has 0 saturated carbocycles. The first-order valence-electron chi connectivity index (χ1n) is 6.31. The molecule has 0 aliphatic carbocycles. The average Bonchev–Trinajstić information content (AvgIpc) is 2.82. The molecule has 0 N–H and O–H groups in total. The van der Waals surface area contributed by atoms with E-state index in [1.807, 2.05) is 18.9 Å². The number of benzene rings is 1. The highest BCUT2D eigenvalue weighted by atomic mass is 79.9. The Morgan fingerprint density at radius 3 is 2.67 bits per heavy atom. The largest absolute Gasteiger partial charge is 0.292 e. The van der Waals surface area contributed by atoms with Gasteiger partial charge < -0.3 is 0 Å². The van der Waals surface area contributed by atoms with E-state index in [2.05, 4.69) is 27.4 Å². The molecular weight excluding hydrogens is 393 g/mol. The SMILES string of the molecule is CC(C(=O)c1ccc(Cl)cc1Cl)N(C)Cc1csc(Br)c1. The standard InChI is InChI=1S/C15H14BrCl2NOS/c1-9(19(2)7-10-5-14(16)21-8-10)15(20)12-4-3-11(17)6-13(12)18/h3-6,8-9H,7H2,1-2H3. The Morgan fingerprint density at radius 1 is 1.38 bits per heavy atom. The van der Waals surface area contributed by atoms with Crippen molar-refractivity contribution in [2.75, 3.05) is 7.05 Å². The lowest BCUT2D eigenvalue weighted by atomic mass is 10.0. The van der Waals surface area contributed by atoms with Crippen molar-refractivity contribution in [2.24, 2.45) is 0 Å². The van der Waals surface area contributed by atoms with Gasteiger partial charge in [-0.1, -0.05) is 23.2 Å². The van der Waals surface area contributed by atoms with Gasteiger partial charge in [-0.3, -0.25) is 9.69 Å². The minimum absolute atomic E-state index is 0.00605. The molecule has 2 rings (SSSR count). The Hall–Kier alpha value is -0.390. The highest BCUT2D eigenvalue weighted by Crippen LogP contribution is 2.25. The topological polar surface area (TPSA) is 20.3 Å². The molecular formula is C15H14BrCl2NOS. The van der Waals surface area contributed by atoms with Gasteiger partial charge in [0.2, 0.25) is 0 Å². The molecule has 0 aliphatic heterocycles. The number of carbonyl (C=O) groups is 1. The van der Waals surface area contributed by atoms with E-state index < -0.39 is 0 Å². The number of carbonyl (C=O) groups excluding carboxylic acids is 1. The molecule has 1 unspecified atom stereocenters. The first-order valence-corrected chi connectivity index (χ1v) is 8.73. The molecule has 1 heterocycles. The Kier molecular flexibility index (Phi) is 5.86. The van der Waals surface area contributed by atoms with E-state index in [4.69, 9.17) is 23.2 Å². The van der Waals surface area contributed by atoms with Crippen molar-refractivity contribution in [2.45, 2.75) is 19.5 Å². The number of nitrogens with zero attached hydrogens (tertiary/aromatic N) is 1. The summed E-state index contributed by atoms with van der Waals surface area (Å²) >= 11 is 17.1. The molecule has 0 amide bonds. The maximum Gasteiger partial charge on any atom is 0.181 e. The van der Waals surface area contributed by atoms with Gasteiger partial charge in [-0.25, -0.2) is 0 Å². The lowest BCUT2D eigenvalue weighted by molar-refractivity contribution is 0.0862. The molecule has 0 saturated heterocycles. The third-order valence-electron chi connectivity index (χ3n) is 3.29. The van der Waals surface area contributed by atoms with Gasteiger partial charge in [-0.05, 0) is 65.1 Å². The lowest BCUT2D eigenvalue weighted by Crippen LogP contribution is -2.35. The summed E-state index contributed by atoms with van der Waals surface area (Å²) in [7, 11) is 1.93. The van der Waals surface area contributed by atoms with Crippen LogP contribution in [0.5, 0.6) is 0 Å². The van der Waals surface area contributed by atoms with Crippen LogP contribution in [-0.2, 0) is 6.54 Å². The van der Waals surface area contributed by atoms with Crippen molar-refractivity contribution in [3.8, 4) is 0 Å². The Balaban J connectivity index is 2.11. The predicted molar refractivity (Wildman–Crippen MR) is 93.7 cm³/mol. The summed E-state index contributed by atoms with van der Waals surface area (Å²) in [5, 5.41) is 3.00. The molecule has 112 valence electrons. The van der Waals surface area contributed by atoms with E-state index in [1.165, 1.54) is 5.56 Å². The zero-order valence-electron chi connectivity index (χ0n) is 11.6. The van der Waals surface area contributed by atoms with Crippen LogP contribution in [0.1, 0.15) is 22.8 Å². The number of thiophene rings is 1. The van der Waals surface area contributed by atoms with Crippen LogP contribution in [0, 0.1) is 0 Å². The molecule has 0 radical (unpaired) electrons. The van der Waals surface area contributed by atoms with Gasteiger partial charge in [-0.15, -0.1) is 11.3 Å². The smallest absolute Gasteiger partial charge is 0.181 e. The van der Waals surface area contributed by atoms with Crippen molar-refractivity contribution in [3.05, 3.63) is 54.6 Å². The van der Waals surface area contributed by atoms with Crippen molar-refractivity contribution in [1.82, 2.24) is 4.90 Å². The summed E-state index contributed by atoms with van der Waals surface area (Å²) in [4.78, 5) is 14.5. The van der Waals surface area contributed by atoms with Gasteiger partial charge in [0.1, 0.15) is 0 Å². The van der Waals surface area contributed by atoms with E-state index in [0.29, 0.717) is 22.2 Å². The second-order valence-corrected chi connectivity index (χ2v) is 7.97. The fraction of sp³-hybridized carbons (Fsp3) is 0.267. The first-order chi connectivity index (χ1) is 9.88. The van der Waals surface area contributed by atoms with E-state index in [0.717, 1.165) is 3.79 Å². The number of rotatable bonds is 5. The molecule has 0 aliphatic rings. The summed E-state index contributed by atoms with van der Waals surface area (Å²) in [6.07, 6.45) is 0. The van der Waals surface area contributed by atoms with Gasteiger partial charge in [0.05, 0.1) is 14.9 Å². The molecule has 0 bridgehead atoms. The summed E-state index contributed by atoms with van der Waals surface area (Å²) in [5.74, 6) is -0.00605. The van der Waals surface area contributed by atoms with Crippen molar-refractivity contribution in [3.63, 3.8) is 0 Å². The summed E-state index contributed by atoms with van der Waals surface area (Å²) in [6.45, 7) is 2.59. The van der Waals surface area contributed by atoms with Crippen LogP contribution in [0.3, 0.4) is 0 Å². The number of Topliss-reactive ketones (excluding diaryl/α,β-unsaturated/α-hetero) is 1. The number of halogens is 3. The predicted octanol–water partition coefficient (Wildman–Crippen LogP) is 5.52. The first kappa shape index (κ1) is 17.0. The third kappa shape index (κ3) is 4.30. The minimum atomic E-state index is -0.262. The van der Waals surface area contributed by atoms with Crippen LogP contribution in [0.4, 0.5) is 0 Å². The van der Waals surface area contributed by atoms with Crippen LogP contribution in [-0.4, -0.2) is 23.8 Å². The summed E-state index contributed by atoms with van der Waals surface area (Å²) in [5.41, 5.74) is 1.68. The lowest BCUT2D eigenvalue weighted by Gasteiger charge is -2.23. The Labute approximate surface area is 146 Å². The zero-order valence-corrected chi connectivity index (χ0v) is 15.5. The van der Waals surface area contributed by atoms with Crippen LogP contribution >= 0.6 is 50.5 Å². The molecule has 0 fully saturated rings. The van der Waals surface area contributed by atoms with Gasteiger partial charge >= 0.3 is 0 Å². The summed E-state index contributed by atoms with van der Waals surface area (Å²) < 4.78 is 1.09. The molecule has 0 spiro atoms. The van der Waals surface area contributed by atoms with Gasteiger partial charge in [0, 0.05) is 17.1 Å². The minimum Gasteiger partial charge on any atom is -0.292 e. The van der Waals surface area contributed by atoms with Crippen LogP contribution in [0.15, 0.2) is 33.4 Å². The Bertz CT molecular complexity index is 659. The monoisotopic (exact) mass is 405 g/mol. The zero-order chi connectivity index (χ0) is 15.6. The van der Waals surface area contributed by atoms with Crippen molar-refractivity contribution >= 4 is 56.3 Å². The van der Waals surface area contributed by atoms with E-state index in [9.17, 15) is 4.79 Å². The Morgan fingerprint density at radius 2 is 2.10 bits per heavy atom. The van der Waals surface area contributed by atoms with E-state index in [1.54, 1.807) is 29.5 Å². The molecule has 1 aromatic heterocycles. The fourth-order valence-corrected chi connectivity index (χ4v) is 3.67. The van der Waals surface area contributed by atoms with Crippen molar-refractivity contribution in [1.29, 1.82) is 0 Å². The fourth-order valence-electron chi connectivity index (χ4n) is 1.97. The number of ketones is 1. The molecule has 1 aromatic carbocycles. The molecule has 1 atom stereocenters. The normalized spacial score (nSPS) is 12.7. The van der Waals surface area contributed by atoms with Crippen LogP contribution in [0.25, 0.3) is 0 Å². The van der Waals surface area contributed by atoms with E-state index >= 15 is 0 Å². The maximum absolute atomic E-state index is 12.5. The molecule has 2 aromatic rings. The third-order valence-corrected chi connectivity index (χ3v) is 5.39. The highest BCUT2D eigenvalue weighted by Gasteiger charge is 2.22. The highest BCUT2D eigenvalue weighted by molar-refractivity contribution is 9.11. The maximum atomic E-state index is 12.5. The van der Waals surface area contributed by atoms with Crippen LogP contribution in [0.2, 0.25) is 10.0 Å². The van der Waals surface area contributed by atoms with Gasteiger partial charge in [0.15, 0.2) is 5.78 Å². The second-order valence-electron chi connectivity index (χ2n) is 4.84. The molecule has 2 nitrogen and oxygen atoms in total. The van der Waals surface area contributed by atoms with Gasteiger partial charge in [0.25, 0.3) is 0 Å². The van der Waals surface area contributed by atoms with Crippen LogP contribution < -0.4 is 0 Å². The number of hydrogen-bond donors (Lipinski definition) is 0. The van der Waals surface area contributed by atoms with Gasteiger partial charge in [-0.2, -0.15) is 0 Å². The summed E-state index contributed by atoms with van der Waals surface area (Å²) in [6, 6.07) is 6.76. The molecule has 6 heteroatoms. The number of likely N-dealkylation sites (N-methyl/N-ethyl adjacent to an activating group) is 1.